The Bertz CT molecular complexity index is 658. The van der Waals surface area contributed by atoms with Crippen molar-refractivity contribution in [1.82, 2.24) is 4.90 Å². The summed E-state index contributed by atoms with van der Waals surface area (Å²) in [6, 6.07) is 19.6. The lowest BCUT2D eigenvalue weighted by atomic mass is 9.89. The molecule has 2 aromatic rings. The number of ether oxygens (including phenoxy) is 1. The van der Waals surface area contributed by atoms with Crippen molar-refractivity contribution in [3.63, 3.8) is 0 Å². The summed E-state index contributed by atoms with van der Waals surface area (Å²) < 4.78 is 4.74. The molecular weight excluding hydrogens is 326 g/mol. The first kappa shape index (κ1) is 19.7. The molecule has 0 unspecified atom stereocenters. The molecule has 0 N–H and O–H groups in total. The highest BCUT2D eigenvalue weighted by Crippen LogP contribution is 2.27. The van der Waals surface area contributed by atoms with Gasteiger partial charge in [0.1, 0.15) is 0 Å². The lowest BCUT2D eigenvalue weighted by molar-refractivity contribution is -0.142. The Morgan fingerprint density at radius 1 is 0.923 bits per heavy atom. The predicted molar refractivity (Wildman–Crippen MR) is 103 cm³/mol. The van der Waals surface area contributed by atoms with Crippen LogP contribution in [0.3, 0.4) is 0 Å². The molecule has 0 aliphatic heterocycles. The van der Waals surface area contributed by atoms with Gasteiger partial charge in [-0.1, -0.05) is 74.5 Å². The molecule has 1 amide bonds. The molecule has 0 aromatic heterocycles. The Hall–Kier alpha value is -2.62. The highest BCUT2D eigenvalue weighted by atomic mass is 16.5. The fourth-order valence-electron chi connectivity index (χ4n) is 3.01. The van der Waals surface area contributed by atoms with Crippen molar-refractivity contribution in [3.05, 3.63) is 71.8 Å². The average Bonchev–Trinajstić information content (AvgIpc) is 2.66. The lowest BCUT2D eigenvalue weighted by Crippen LogP contribution is -2.39. The number of esters is 1. The number of benzene rings is 2. The molecule has 0 spiro atoms. The van der Waals surface area contributed by atoms with E-state index in [0.29, 0.717) is 19.0 Å². The molecule has 0 aliphatic rings. The van der Waals surface area contributed by atoms with Gasteiger partial charge in [0.15, 0.2) is 0 Å². The molecule has 0 saturated carbocycles. The lowest BCUT2D eigenvalue weighted by Gasteiger charge is -2.29. The first-order chi connectivity index (χ1) is 12.5. The van der Waals surface area contributed by atoms with Crippen LogP contribution in [0.2, 0.25) is 0 Å². The Kier molecular flexibility index (Phi) is 7.39. The van der Waals surface area contributed by atoms with Crippen LogP contribution in [0.1, 0.15) is 37.3 Å². The van der Waals surface area contributed by atoms with E-state index in [-0.39, 0.29) is 24.2 Å². The third-order valence-corrected chi connectivity index (χ3v) is 4.22. The summed E-state index contributed by atoms with van der Waals surface area (Å²) in [5.41, 5.74) is 1.91. The van der Waals surface area contributed by atoms with Gasteiger partial charge in [-0.2, -0.15) is 0 Å². The normalized spacial score (nSPS) is 10.8. The van der Waals surface area contributed by atoms with Crippen molar-refractivity contribution >= 4 is 11.9 Å². The first-order valence-corrected chi connectivity index (χ1v) is 8.98. The van der Waals surface area contributed by atoms with E-state index in [0.717, 1.165) is 11.1 Å². The van der Waals surface area contributed by atoms with E-state index in [4.69, 9.17) is 4.74 Å². The molecule has 0 heterocycles. The second-order valence-electron chi connectivity index (χ2n) is 6.76. The van der Waals surface area contributed by atoms with Gasteiger partial charge in [0.05, 0.1) is 19.4 Å². The van der Waals surface area contributed by atoms with Gasteiger partial charge >= 0.3 is 5.97 Å². The molecular formula is C22H27NO3. The highest BCUT2D eigenvalue weighted by Gasteiger charge is 2.28. The van der Waals surface area contributed by atoms with Crippen LogP contribution in [0, 0.1) is 5.92 Å². The highest BCUT2D eigenvalue weighted by molar-refractivity contribution is 5.87. The summed E-state index contributed by atoms with van der Waals surface area (Å²) in [7, 11) is 1.37. The van der Waals surface area contributed by atoms with Gasteiger partial charge in [-0.05, 0) is 17.0 Å². The molecule has 2 aromatic carbocycles. The predicted octanol–water partition coefficient (Wildman–Crippen LogP) is 3.87. The Labute approximate surface area is 155 Å². The van der Waals surface area contributed by atoms with Gasteiger partial charge in [0.2, 0.25) is 5.91 Å². The average molecular weight is 353 g/mol. The van der Waals surface area contributed by atoms with Crippen LogP contribution in [0.5, 0.6) is 0 Å². The molecule has 0 bridgehead atoms. The van der Waals surface area contributed by atoms with E-state index in [1.54, 1.807) is 4.90 Å². The second-order valence-corrected chi connectivity index (χ2v) is 6.76. The number of amides is 1. The molecule has 138 valence electrons. The van der Waals surface area contributed by atoms with Gasteiger partial charge in [-0.3, -0.25) is 9.59 Å². The number of carbonyl (C=O) groups is 2. The third kappa shape index (κ3) is 5.45. The van der Waals surface area contributed by atoms with Crippen molar-refractivity contribution in [2.45, 2.75) is 26.2 Å². The minimum absolute atomic E-state index is 0.0139. The van der Waals surface area contributed by atoms with E-state index >= 15 is 0 Å². The molecule has 0 radical (unpaired) electrons. The van der Waals surface area contributed by atoms with Crippen LogP contribution in [-0.4, -0.2) is 37.0 Å². The van der Waals surface area contributed by atoms with Gasteiger partial charge < -0.3 is 9.64 Å². The van der Waals surface area contributed by atoms with Crippen LogP contribution < -0.4 is 0 Å². The van der Waals surface area contributed by atoms with E-state index in [2.05, 4.69) is 13.8 Å². The van der Waals surface area contributed by atoms with Crippen LogP contribution in [0.25, 0.3) is 0 Å². The van der Waals surface area contributed by atoms with Crippen LogP contribution in [-0.2, 0) is 14.3 Å². The number of nitrogens with zero attached hydrogens (tertiary/aromatic N) is 1. The summed E-state index contributed by atoms with van der Waals surface area (Å²) in [5.74, 6) is -0.361. The van der Waals surface area contributed by atoms with Crippen LogP contribution in [0.15, 0.2) is 60.7 Å². The molecule has 2 rings (SSSR count). The number of hydrogen-bond donors (Lipinski definition) is 0. The molecule has 0 saturated heterocycles. The molecule has 0 fully saturated rings. The van der Waals surface area contributed by atoms with E-state index in [1.807, 2.05) is 60.7 Å². The summed E-state index contributed by atoms with van der Waals surface area (Å²) in [6.45, 7) is 5.10. The maximum absolute atomic E-state index is 13.5. The molecule has 26 heavy (non-hydrogen) atoms. The number of hydrogen-bond acceptors (Lipinski definition) is 3. The van der Waals surface area contributed by atoms with Crippen molar-refractivity contribution in [2.75, 3.05) is 20.2 Å². The SMILES string of the molecule is COC(=O)CCN(CC(C)C)C(=O)C(c1ccccc1)c1ccccc1. The zero-order valence-corrected chi connectivity index (χ0v) is 15.7. The van der Waals surface area contributed by atoms with Crippen molar-refractivity contribution in [3.8, 4) is 0 Å². The van der Waals surface area contributed by atoms with Crippen LogP contribution in [0.4, 0.5) is 0 Å². The topological polar surface area (TPSA) is 46.6 Å². The minimum Gasteiger partial charge on any atom is -0.469 e. The maximum atomic E-state index is 13.5. The third-order valence-electron chi connectivity index (χ3n) is 4.22. The number of carbonyl (C=O) groups excluding carboxylic acids is 2. The number of methoxy groups -OCH3 is 1. The zero-order chi connectivity index (χ0) is 18.9. The monoisotopic (exact) mass is 353 g/mol. The molecule has 4 nitrogen and oxygen atoms in total. The van der Waals surface area contributed by atoms with Gasteiger partial charge in [-0.15, -0.1) is 0 Å². The summed E-state index contributed by atoms with van der Waals surface area (Å²) in [4.78, 5) is 26.8. The van der Waals surface area contributed by atoms with Crippen molar-refractivity contribution < 1.29 is 14.3 Å². The maximum Gasteiger partial charge on any atom is 0.307 e. The van der Waals surface area contributed by atoms with Gasteiger partial charge in [0.25, 0.3) is 0 Å². The zero-order valence-electron chi connectivity index (χ0n) is 15.7. The Balaban J connectivity index is 2.34. The van der Waals surface area contributed by atoms with Crippen molar-refractivity contribution in [2.24, 2.45) is 5.92 Å². The molecule has 4 heteroatoms. The summed E-state index contributed by atoms with van der Waals surface area (Å²) in [5, 5.41) is 0. The summed E-state index contributed by atoms with van der Waals surface area (Å²) >= 11 is 0. The van der Waals surface area contributed by atoms with Crippen molar-refractivity contribution in [1.29, 1.82) is 0 Å². The van der Waals surface area contributed by atoms with E-state index in [9.17, 15) is 9.59 Å². The minimum atomic E-state index is -0.381. The first-order valence-electron chi connectivity index (χ1n) is 8.98. The van der Waals surface area contributed by atoms with Gasteiger partial charge in [-0.25, -0.2) is 0 Å². The second kappa shape index (κ2) is 9.76. The molecule has 0 atom stereocenters. The smallest absolute Gasteiger partial charge is 0.307 e. The largest absolute Gasteiger partial charge is 0.469 e. The van der Waals surface area contributed by atoms with E-state index < -0.39 is 0 Å². The van der Waals surface area contributed by atoms with E-state index in [1.165, 1.54) is 7.11 Å². The quantitative estimate of drug-likeness (QED) is 0.677. The fraction of sp³-hybridized carbons (Fsp3) is 0.364. The number of rotatable bonds is 8. The standard InChI is InChI=1S/C22H27NO3/c1-17(2)16-23(15-14-20(24)26-3)22(25)21(18-10-6-4-7-11-18)19-12-8-5-9-13-19/h4-13,17,21H,14-16H2,1-3H3. The van der Waals surface area contributed by atoms with Crippen LogP contribution >= 0.6 is 0 Å². The Morgan fingerprint density at radius 2 is 1.42 bits per heavy atom. The summed E-state index contributed by atoms with van der Waals surface area (Å²) in [6.07, 6.45) is 0.200. The molecule has 0 aliphatic carbocycles. The fourth-order valence-corrected chi connectivity index (χ4v) is 3.01. The Morgan fingerprint density at radius 3 is 1.85 bits per heavy atom. The van der Waals surface area contributed by atoms with Gasteiger partial charge in [0, 0.05) is 13.1 Å².